The average Bonchev–Trinajstić information content (AvgIpc) is 3.34. The van der Waals surface area contributed by atoms with Crippen molar-refractivity contribution in [2.24, 2.45) is 4.99 Å². The maximum atomic E-state index is 14.1. The van der Waals surface area contributed by atoms with Gasteiger partial charge >= 0.3 is 11.9 Å². The van der Waals surface area contributed by atoms with Gasteiger partial charge in [0, 0.05) is 11.1 Å². The second kappa shape index (κ2) is 13.3. The molecule has 10 heteroatoms. The van der Waals surface area contributed by atoms with Gasteiger partial charge in [-0.3, -0.25) is 9.36 Å². The van der Waals surface area contributed by atoms with Crippen LogP contribution in [0.25, 0.3) is 11.8 Å². The lowest BCUT2D eigenvalue weighted by atomic mass is 9.93. The molecule has 5 rings (SSSR count). The number of thiazole rings is 1. The van der Waals surface area contributed by atoms with Crippen LogP contribution in [0.15, 0.2) is 94.2 Å². The molecular formula is C33H30N2O7S. The zero-order valence-corrected chi connectivity index (χ0v) is 24.8. The van der Waals surface area contributed by atoms with Crippen LogP contribution in [0.4, 0.5) is 0 Å². The standard InChI is InChI=1S/C33H30N2O7S/c1-4-40-27(36)20-42-25-17-10-9-14-22(25)19-26-31(37)35-30(23-15-11-16-24(18-23)39-3)28(32(38)41-5-2)29(34-33(35)43-26)21-12-7-6-8-13-21/h6-19,30H,4-5,20H2,1-3H3/b26-19-/t30-/m0/s1. The molecule has 0 unspecified atom stereocenters. The largest absolute Gasteiger partial charge is 0.497 e. The summed E-state index contributed by atoms with van der Waals surface area (Å²) in [5.41, 5.74) is 2.32. The van der Waals surface area contributed by atoms with E-state index in [-0.39, 0.29) is 31.0 Å². The van der Waals surface area contributed by atoms with Gasteiger partial charge in [0.25, 0.3) is 5.56 Å². The van der Waals surface area contributed by atoms with Gasteiger partial charge in [0.15, 0.2) is 11.4 Å². The monoisotopic (exact) mass is 598 g/mol. The normalized spacial score (nSPS) is 14.5. The average molecular weight is 599 g/mol. The molecule has 0 bridgehead atoms. The van der Waals surface area contributed by atoms with Crippen LogP contribution < -0.4 is 24.4 Å². The second-order valence-electron chi connectivity index (χ2n) is 9.34. The lowest BCUT2D eigenvalue weighted by molar-refractivity contribution is -0.145. The van der Waals surface area contributed by atoms with Gasteiger partial charge in [-0.25, -0.2) is 14.6 Å². The Morgan fingerprint density at radius 1 is 0.953 bits per heavy atom. The molecular weight excluding hydrogens is 568 g/mol. The van der Waals surface area contributed by atoms with E-state index in [9.17, 15) is 14.4 Å². The molecule has 0 radical (unpaired) electrons. The third-order valence-corrected chi connectivity index (χ3v) is 7.62. The molecule has 43 heavy (non-hydrogen) atoms. The Balaban J connectivity index is 1.73. The predicted octanol–water partition coefficient (Wildman–Crippen LogP) is 3.89. The number of hydrogen-bond acceptors (Lipinski definition) is 9. The molecule has 1 aliphatic heterocycles. The van der Waals surface area contributed by atoms with E-state index in [0.29, 0.717) is 43.2 Å². The zero-order chi connectivity index (χ0) is 30.3. The van der Waals surface area contributed by atoms with Crippen molar-refractivity contribution in [1.29, 1.82) is 0 Å². The van der Waals surface area contributed by atoms with Crippen LogP contribution in [0.3, 0.4) is 0 Å². The maximum Gasteiger partial charge on any atom is 0.344 e. The van der Waals surface area contributed by atoms with Gasteiger partial charge in [-0.15, -0.1) is 0 Å². The molecule has 0 amide bonds. The number of carbonyl (C=O) groups is 2. The number of esters is 2. The van der Waals surface area contributed by atoms with Crippen molar-refractivity contribution >= 4 is 35.0 Å². The molecule has 220 valence electrons. The molecule has 0 saturated heterocycles. The SMILES string of the molecule is CCOC(=O)COc1ccccc1/C=c1\sc2n(c1=O)[C@@H](c1cccc(OC)c1)C(C(=O)OCC)=C(c1ccccc1)N=2. The highest BCUT2D eigenvalue weighted by molar-refractivity contribution is 7.07. The van der Waals surface area contributed by atoms with E-state index in [4.69, 9.17) is 23.9 Å². The van der Waals surface area contributed by atoms with Crippen LogP contribution in [0.1, 0.15) is 36.6 Å². The van der Waals surface area contributed by atoms with Crippen LogP contribution in [0.5, 0.6) is 11.5 Å². The maximum absolute atomic E-state index is 14.1. The molecule has 0 spiro atoms. The van der Waals surface area contributed by atoms with Crippen molar-refractivity contribution in [2.45, 2.75) is 19.9 Å². The Bertz CT molecular complexity index is 1860. The lowest BCUT2D eigenvalue weighted by Gasteiger charge is -2.26. The van der Waals surface area contributed by atoms with Crippen molar-refractivity contribution in [3.8, 4) is 11.5 Å². The molecule has 4 aromatic rings. The summed E-state index contributed by atoms with van der Waals surface area (Å²) in [5, 5.41) is 0. The first-order chi connectivity index (χ1) is 20.9. The van der Waals surface area contributed by atoms with Gasteiger partial charge in [0.1, 0.15) is 11.5 Å². The summed E-state index contributed by atoms with van der Waals surface area (Å²) in [5.74, 6) is -0.0588. The van der Waals surface area contributed by atoms with Crippen LogP contribution in [-0.4, -0.2) is 43.4 Å². The van der Waals surface area contributed by atoms with Gasteiger partial charge in [-0.05, 0) is 43.7 Å². The topological polar surface area (TPSA) is 105 Å². The molecule has 3 aromatic carbocycles. The van der Waals surface area contributed by atoms with E-state index in [2.05, 4.69) is 0 Å². The van der Waals surface area contributed by atoms with E-state index >= 15 is 0 Å². The van der Waals surface area contributed by atoms with Crippen molar-refractivity contribution in [3.63, 3.8) is 0 Å². The summed E-state index contributed by atoms with van der Waals surface area (Å²) in [4.78, 5) is 44.9. The fourth-order valence-electron chi connectivity index (χ4n) is 4.78. The number of benzene rings is 3. The van der Waals surface area contributed by atoms with E-state index in [1.165, 1.54) is 15.9 Å². The minimum absolute atomic E-state index is 0.155. The number of hydrogen-bond donors (Lipinski definition) is 0. The first-order valence-electron chi connectivity index (χ1n) is 13.7. The predicted molar refractivity (Wildman–Crippen MR) is 163 cm³/mol. The number of nitrogens with zero attached hydrogens (tertiary/aromatic N) is 2. The fraction of sp³-hybridized carbons (Fsp3) is 0.212. The number of carbonyl (C=O) groups excluding carboxylic acids is 2. The molecule has 0 N–H and O–H groups in total. The zero-order valence-electron chi connectivity index (χ0n) is 23.9. The van der Waals surface area contributed by atoms with Crippen LogP contribution >= 0.6 is 11.3 Å². The fourth-order valence-corrected chi connectivity index (χ4v) is 5.77. The number of methoxy groups -OCH3 is 1. The number of fused-ring (bicyclic) bond motifs is 1. The van der Waals surface area contributed by atoms with Gasteiger partial charge < -0.3 is 18.9 Å². The number of aromatic nitrogens is 1. The van der Waals surface area contributed by atoms with Crippen LogP contribution in [0.2, 0.25) is 0 Å². The van der Waals surface area contributed by atoms with Crippen molar-refractivity contribution in [3.05, 3.63) is 121 Å². The molecule has 0 saturated carbocycles. The molecule has 0 aliphatic carbocycles. The van der Waals surface area contributed by atoms with E-state index in [1.54, 1.807) is 57.4 Å². The van der Waals surface area contributed by atoms with Crippen molar-refractivity contribution in [1.82, 2.24) is 4.57 Å². The van der Waals surface area contributed by atoms with Crippen molar-refractivity contribution in [2.75, 3.05) is 26.9 Å². The van der Waals surface area contributed by atoms with Crippen LogP contribution in [0, 0.1) is 0 Å². The van der Waals surface area contributed by atoms with Gasteiger partial charge in [0.05, 0.1) is 42.2 Å². The third-order valence-electron chi connectivity index (χ3n) is 6.64. The number of rotatable bonds is 10. The highest BCUT2D eigenvalue weighted by Crippen LogP contribution is 2.36. The minimum atomic E-state index is -0.835. The molecule has 1 atom stereocenters. The summed E-state index contributed by atoms with van der Waals surface area (Å²) in [7, 11) is 1.56. The molecule has 1 aliphatic rings. The number of ether oxygens (including phenoxy) is 4. The summed E-state index contributed by atoms with van der Waals surface area (Å²) in [6.07, 6.45) is 1.70. The Morgan fingerprint density at radius 2 is 1.70 bits per heavy atom. The van der Waals surface area contributed by atoms with Gasteiger partial charge in [0.2, 0.25) is 0 Å². The highest BCUT2D eigenvalue weighted by Gasteiger charge is 2.35. The first kappa shape index (κ1) is 29.5. The molecule has 0 fully saturated rings. The lowest BCUT2D eigenvalue weighted by Crippen LogP contribution is -2.40. The second-order valence-corrected chi connectivity index (χ2v) is 10.3. The summed E-state index contributed by atoms with van der Waals surface area (Å²) in [6.45, 7) is 3.60. The first-order valence-corrected chi connectivity index (χ1v) is 14.6. The Hall–Kier alpha value is -4.96. The van der Waals surface area contributed by atoms with Gasteiger partial charge in [-0.2, -0.15) is 0 Å². The minimum Gasteiger partial charge on any atom is -0.497 e. The summed E-state index contributed by atoms with van der Waals surface area (Å²) in [6, 6.07) is 22.9. The molecule has 2 heterocycles. The Kier molecular flexibility index (Phi) is 9.17. The number of para-hydroxylation sites is 1. The van der Waals surface area contributed by atoms with Gasteiger partial charge in [-0.1, -0.05) is 72.0 Å². The Morgan fingerprint density at radius 3 is 2.44 bits per heavy atom. The van der Waals surface area contributed by atoms with Crippen LogP contribution in [-0.2, 0) is 19.1 Å². The van der Waals surface area contributed by atoms with E-state index in [0.717, 1.165) is 0 Å². The smallest absolute Gasteiger partial charge is 0.344 e. The molecule has 9 nitrogen and oxygen atoms in total. The van der Waals surface area contributed by atoms with E-state index < -0.39 is 18.0 Å². The quantitative estimate of drug-likeness (QED) is 0.255. The summed E-state index contributed by atoms with van der Waals surface area (Å²) < 4.78 is 23.6. The third kappa shape index (κ3) is 6.29. The highest BCUT2D eigenvalue weighted by atomic mass is 32.1. The van der Waals surface area contributed by atoms with E-state index in [1.807, 2.05) is 48.5 Å². The Labute approximate surface area is 252 Å². The molecule has 1 aromatic heterocycles. The summed E-state index contributed by atoms with van der Waals surface area (Å²) >= 11 is 1.20. The van der Waals surface area contributed by atoms with Crippen molar-refractivity contribution < 1.29 is 28.5 Å².